The molecule has 0 spiro atoms. The summed E-state index contributed by atoms with van der Waals surface area (Å²) >= 11 is 6.07. The first-order valence-electron chi connectivity index (χ1n) is 7.99. The molecule has 1 aliphatic carbocycles. The molecule has 2 rings (SSSR count). The minimum Gasteiger partial charge on any atom is -0.351 e. The highest BCUT2D eigenvalue weighted by molar-refractivity contribution is 6.31. The predicted molar refractivity (Wildman–Crippen MR) is 87.4 cm³/mol. The van der Waals surface area contributed by atoms with Crippen molar-refractivity contribution in [3.63, 3.8) is 0 Å². The lowest BCUT2D eigenvalue weighted by molar-refractivity contribution is -0.120. The molecule has 0 aliphatic heterocycles. The lowest BCUT2D eigenvalue weighted by atomic mass is 9.97. The number of amides is 1. The molecule has 1 aromatic carbocycles. The van der Waals surface area contributed by atoms with Crippen molar-refractivity contribution in [2.24, 2.45) is 0 Å². The zero-order chi connectivity index (χ0) is 14.9. The largest absolute Gasteiger partial charge is 0.351 e. The van der Waals surface area contributed by atoms with E-state index in [9.17, 15) is 4.79 Å². The second-order valence-electron chi connectivity index (χ2n) is 5.79. The van der Waals surface area contributed by atoms with Crippen LogP contribution in [-0.2, 0) is 11.3 Å². The minimum absolute atomic E-state index is 0.0389. The van der Waals surface area contributed by atoms with Crippen LogP contribution in [0.15, 0.2) is 24.3 Å². The Bertz CT molecular complexity index is 442. The highest BCUT2D eigenvalue weighted by Crippen LogP contribution is 2.17. The van der Waals surface area contributed by atoms with Crippen molar-refractivity contribution in [2.45, 2.75) is 57.5 Å². The van der Waals surface area contributed by atoms with E-state index >= 15 is 0 Å². The summed E-state index contributed by atoms with van der Waals surface area (Å²) in [6.07, 6.45) is 8.96. The smallest absolute Gasteiger partial charge is 0.234 e. The van der Waals surface area contributed by atoms with Crippen molar-refractivity contribution in [3.8, 4) is 0 Å². The first kappa shape index (κ1) is 16.3. The maximum Gasteiger partial charge on any atom is 0.234 e. The van der Waals surface area contributed by atoms with Crippen LogP contribution in [0.2, 0.25) is 5.02 Å². The third-order valence-corrected chi connectivity index (χ3v) is 4.46. The van der Waals surface area contributed by atoms with Crippen molar-refractivity contribution in [1.29, 1.82) is 0 Å². The number of carbonyl (C=O) groups is 1. The monoisotopic (exact) mass is 308 g/mol. The minimum atomic E-state index is 0.0389. The summed E-state index contributed by atoms with van der Waals surface area (Å²) < 4.78 is 0. The van der Waals surface area contributed by atoms with Gasteiger partial charge in [0.15, 0.2) is 0 Å². The number of hydrogen-bond donors (Lipinski definition) is 2. The van der Waals surface area contributed by atoms with Gasteiger partial charge in [0, 0.05) is 17.6 Å². The molecule has 0 saturated heterocycles. The maximum absolute atomic E-state index is 11.9. The maximum atomic E-state index is 11.9. The number of hydrogen-bond acceptors (Lipinski definition) is 2. The van der Waals surface area contributed by atoms with Crippen LogP contribution in [0.5, 0.6) is 0 Å². The molecular weight excluding hydrogens is 284 g/mol. The second-order valence-corrected chi connectivity index (χ2v) is 6.20. The lowest BCUT2D eigenvalue weighted by Gasteiger charge is -2.20. The third kappa shape index (κ3) is 6.06. The summed E-state index contributed by atoms with van der Waals surface area (Å²) in [4.78, 5) is 11.9. The van der Waals surface area contributed by atoms with E-state index in [4.69, 9.17) is 11.6 Å². The summed E-state index contributed by atoms with van der Waals surface area (Å²) in [5.74, 6) is 0.0389. The van der Waals surface area contributed by atoms with E-state index in [0.717, 1.165) is 5.56 Å². The van der Waals surface area contributed by atoms with E-state index in [0.29, 0.717) is 24.2 Å². The van der Waals surface area contributed by atoms with E-state index in [1.807, 2.05) is 24.3 Å². The number of rotatable bonds is 5. The van der Waals surface area contributed by atoms with Crippen molar-refractivity contribution >= 4 is 17.5 Å². The Morgan fingerprint density at radius 2 is 1.76 bits per heavy atom. The number of carbonyl (C=O) groups excluding carboxylic acids is 1. The van der Waals surface area contributed by atoms with Gasteiger partial charge < -0.3 is 10.6 Å². The van der Waals surface area contributed by atoms with Gasteiger partial charge in [-0.3, -0.25) is 4.79 Å². The van der Waals surface area contributed by atoms with Crippen molar-refractivity contribution < 1.29 is 4.79 Å². The van der Waals surface area contributed by atoms with Gasteiger partial charge in [-0.1, -0.05) is 61.9 Å². The van der Waals surface area contributed by atoms with Gasteiger partial charge >= 0.3 is 0 Å². The molecule has 0 heterocycles. The fourth-order valence-corrected chi connectivity index (χ4v) is 3.00. The van der Waals surface area contributed by atoms with Gasteiger partial charge in [-0.2, -0.15) is 0 Å². The summed E-state index contributed by atoms with van der Waals surface area (Å²) in [5.41, 5.74) is 0.957. The average Bonchev–Trinajstić information content (AvgIpc) is 2.45. The van der Waals surface area contributed by atoms with E-state index < -0.39 is 0 Å². The molecule has 1 amide bonds. The van der Waals surface area contributed by atoms with Gasteiger partial charge in [-0.25, -0.2) is 0 Å². The van der Waals surface area contributed by atoms with Gasteiger partial charge in [0.2, 0.25) is 5.91 Å². The van der Waals surface area contributed by atoms with E-state index in [1.165, 1.54) is 44.9 Å². The van der Waals surface area contributed by atoms with E-state index in [-0.39, 0.29) is 5.91 Å². The molecule has 0 aromatic heterocycles. The second kappa shape index (κ2) is 9.06. The Hall–Kier alpha value is -1.06. The van der Waals surface area contributed by atoms with Gasteiger partial charge in [0.1, 0.15) is 0 Å². The van der Waals surface area contributed by atoms with Crippen LogP contribution in [0.4, 0.5) is 0 Å². The molecule has 1 aliphatic rings. The summed E-state index contributed by atoms with van der Waals surface area (Å²) in [6.45, 7) is 0.889. The zero-order valence-corrected chi connectivity index (χ0v) is 13.3. The quantitative estimate of drug-likeness (QED) is 0.871. The van der Waals surface area contributed by atoms with Crippen LogP contribution in [0.3, 0.4) is 0 Å². The highest BCUT2D eigenvalue weighted by Gasteiger charge is 2.12. The molecule has 0 atom stereocenters. The Labute approximate surface area is 132 Å². The lowest BCUT2D eigenvalue weighted by Crippen LogP contribution is -2.39. The van der Waals surface area contributed by atoms with Gasteiger partial charge in [0.05, 0.1) is 6.54 Å². The first-order valence-corrected chi connectivity index (χ1v) is 8.37. The van der Waals surface area contributed by atoms with Crippen LogP contribution in [0, 0.1) is 0 Å². The number of benzene rings is 1. The third-order valence-electron chi connectivity index (χ3n) is 4.09. The molecule has 1 fully saturated rings. The molecule has 0 unspecified atom stereocenters. The standard InChI is InChI=1S/C17H25ClN2O/c18-16-11-7-6-8-14(16)12-20-17(21)13-19-15-9-4-2-1-3-5-10-15/h6-8,11,15,19H,1-5,9-10,12-13H2,(H,20,21). The SMILES string of the molecule is O=C(CNC1CCCCCCC1)NCc1ccccc1Cl. The molecule has 4 heteroatoms. The molecule has 1 saturated carbocycles. The Morgan fingerprint density at radius 1 is 1.10 bits per heavy atom. The van der Waals surface area contributed by atoms with Crippen LogP contribution in [-0.4, -0.2) is 18.5 Å². The van der Waals surface area contributed by atoms with E-state index in [1.54, 1.807) is 0 Å². The topological polar surface area (TPSA) is 41.1 Å². The molecule has 116 valence electrons. The summed E-state index contributed by atoms with van der Waals surface area (Å²) in [5, 5.41) is 7.02. The van der Waals surface area contributed by atoms with Crippen LogP contribution in [0.1, 0.15) is 50.5 Å². The number of halogens is 1. The van der Waals surface area contributed by atoms with Crippen LogP contribution >= 0.6 is 11.6 Å². The van der Waals surface area contributed by atoms with Crippen molar-refractivity contribution in [3.05, 3.63) is 34.9 Å². The molecule has 1 aromatic rings. The van der Waals surface area contributed by atoms with Gasteiger partial charge in [-0.15, -0.1) is 0 Å². The number of nitrogens with one attached hydrogen (secondary N) is 2. The average molecular weight is 309 g/mol. The fraction of sp³-hybridized carbons (Fsp3) is 0.588. The summed E-state index contributed by atoms with van der Waals surface area (Å²) in [7, 11) is 0. The Balaban J connectivity index is 1.68. The van der Waals surface area contributed by atoms with Crippen molar-refractivity contribution in [2.75, 3.05) is 6.54 Å². The summed E-state index contributed by atoms with van der Waals surface area (Å²) in [6, 6.07) is 8.10. The van der Waals surface area contributed by atoms with Gasteiger partial charge in [-0.05, 0) is 24.5 Å². The Morgan fingerprint density at radius 3 is 2.48 bits per heavy atom. The predicted octanol–water partition coefficient (Wildman–Crippen LogP) is 3.66. The fourth-order valence-electron chi connectivity index (χ4n) is 2.80. The molecule has 3 nitrogen and oxygen atoms in total. The molecule has 0 bridgehead atoms. The highest BCUT2D eigenvalue weighted by atomic mass is 35.5. The Kier molecular flexibility index (Phi) is 7.04. The normalized spacial score (nSPS) is 17.0. The zero-order valence-electron chi connectivity index (χ0n) is 12.5. The van der Waals surface area contributed by atoms with Crippen LogP contribution in [0.25, 0.3) is 0 Å². The van der Waals surface area contributed by atoms with E-state index in [2.05, 4.69) is 10.6 Å². The van der Waals surface area contributed by atoms with Gasteiger partial charge in [0.25, 0.3) is 0 Å². The molecular formula is C17H25ClN2O. The first-order chi connectivity index (χ1) is 10.3. The molecule has 2 N–H and O–H groups in total. The van der Waals surface area contributed by atoms with Crippen LogP contribution < -0.4 is 10.6 Å². The van der Waals surface area contributed by atoms with Crippen molar-refractivity contribution in [1.82, 2.24) is 10.6 Å². The molecule has 0 radical (unpaired) electrons. The molecule has 21 heavy (non-hydrogen) atoms.